The van der Waals surface area contributed by atoms with Crippen LogP contribution in [0.5, 0.6) is 0 Å². The molecular formula is C23H25N5O. The molecule has 3 heterocycles. The standard InChI is InChI=1S/C23H25N5O/c29-23(25-16-20-7-4-10-24-15-20)21-14-22(27-17-26-21)28-11-8-19(9-12-28)13-18-5-2-1-3-6-18/h1-7,10,14-15,17,19H,8-9,11-13,16H2,(H,25,29). The number of nitrogens with one attached hydrogen (secondary N) is 1. The van der Waals surface area contributed by atoms with Gasteiger partial charge >= 0.3 is 0 Å². The lowest BCUT2D eigenvalue weighted by Crippen LogP contribution is -2.35. The number of rotatable bonds is 6. The zero-order chi connectivity index (χ0) is 19.9. The van der Waals surface area contributed by atoms with E-state index in [0.717, 1.165) is 43.7 Å². The number of pyridine rings is 1. The third-order valence-corrected chi connectivity index (χ3v) is 5.37. The third kappa shape index (κ3) is 5.16. The zero-order valence-corrected chi connectivity index (χ0v) is 16.4. The summed E-state index contributed by atoms with van der Waals surface area (Å²) < 4.78 is 0. The van der Waals surface area contributed by atoms with Gasteiger partial charge in [0.1, 0.15) is 17.8 Å². The van der Waals surface area contributed by atoms with E-state index in [0.29, 0.717) is 18.2 Å². The van der Waals surface area contributed by atoms with Crippen LogP contribution in [0.3, 0.4) is 0 Å². The molecule has 1 saturated heterocycles. The Morgan fingerprint density at radius 1 is 1.03 bits per heavy atom. The molecule has 0 saturated carbocycles. The SMILES string of the molecule is O=C(NCc1cccnc1)c1cc(N2CCC(Cc3ccccc3)CC2)ncn1. The van der Waals surface area contributed by atoms with Gasteiger partial charge in [0.2, 0.25) is 0 Å². The van der Waals surface area contributed by atoms with Crippen LogP contribution in [0.25, 0.3) is 0 Å². The van der Waals surface area contributed by atoms with Gasteiger partial charge in [-0.3, -0.25) is 9.78 Å². The van der Waals surface area contributed by atoms with Gasteiger partial charge in [0, 0.05) is 38.1 Å². The van der Waals surface area contributed by atoms with Gasteiger partial charge in [-0.05, 0) is 42.4 Å². The van der Waals surface area contributed by atoms with Gasteiger partial charge in [-0.1, -0.05) is 36.4 Å². The van der Waals surface area contributed by atoms with Gasteiger partial charge in [0.25, 0.3) is 5.91 Å². The number of anilines is 1. The van der Waals surface area contributed by atoms with E-state index in [-0.39, 0.29) is 5.91 Å². The Morgan fingerprint density at radius 2 is 1.83 bits per heavy atom. The van der Waals surface area contributed by atoms with Crippen molar-refractivity contribution in [1.82, 2.24) is 20.3 Å². The molecule has 148 valence electrons. The topological polar surface area (TPSA) is 71.0 Å². The highest BCUT2D eigenvalue weighted by molar-refractivity contribution is 5.92. The van der Waals surface area contributed by atoms with Crippen LogP contribution in [0.2, 0.25) is 0 Å². The molecule has 0 spiro atoms. The minimum absolute atomic E-state index is 0.198. The van der Waals surface area contributed by atoms with Crippen LogP contribution < -0.4 is 10.2 Å². The molecule has 1 aromatic carbocycles. The highest BCUT2D eigenvalue weighted by Crippen LogP contribution is 2.24. The summed E-state index contributed by atoms with van der Waals surface area (Å²) in [5.74, 6) is 1.32. The number of benzene rings is 1. The summed E-state index contributed by atoms with van der Waals surface area (Å²) in [6.45, 7) is 2.33. The zero-order valence-electron chi connectivity index (χ0n) is 16.4. The molecule has 0 unspecified atom stereocenters. The second kappa shape index (κ2) is 9.28. The van der Waals surface area contributed by atoms with Crippen LogP contribution in [0.15, 0.2) is 67.3 Å². The Labute approximate surface area is 171 Å². The first kappa shape index (κ1) is 19.1. The lowest BCUT2D eigenvalue weighted by Gasteiger charge is -2.33. The number of hydrogen-bond acceptors (Lipinski definition) is 5. The van der Waals surface area contributed by atoms with E-state index in [4.69, 9.17) is 0 Å². The van der Waals surface area contributed by atoms with Crippen LogP contribution in [0, 0.1) is 5.92 Å². The number of piperidine rings is 1. The summed E-state index contributed by atoms with van der Waals surface area (Å²) in [6.07, 6.45) is 8.31. The second-order valence-corrected chi connectivity index (χ2v) is 7.43. The molecule has 4 rings (SSSR count). The predicted octanol–water partition coefficient (Wildman–Crippen LogP) is 3.26. The molecule has 0 radical (unpaired) electrons. The van der Waals surface area contributed by atoms with Crippen molar-refractivity contribution in [1.29, 1.82) is 0 Å². The van der Waals surface area contributed by atoms with Crippen LogP contribution in [-0.2, 0) is 13.0 Å². The third-order valence-electron chi connectivity index (χ3n) is 5.37. The average molecular weight is 387 g/mol. The molecule has 6 heteroatoms. The molecule has 3 aromatic rings. The Balaban J connectivity index is 1.32. The summed E-state index contributed by atoms with van der Waals surface area (Å²) in [7, 11) is 0. The Morgan fingerprint density at radius 3 is 2.59 bits per heavy atom. The highest BCUT2D eigenvalue weighted by Gasteiger charge is 2.21. The van der Waals surface area contributed by atoms with Crippen molar-refractivity contribution in [2.75, 3.05) is 18.0 Å². The smallest absolute Gasteiger partial charge is 0.270 e. The van der Waals surface area contributed by atoms with Gasteiger partial charge in [-0.15, -0.1) is 0 Å². The molecule has 0 aliphatic carbocycles. The largest absolute Gasteiger partial charge is 0.356 e. The molecule has 1 aliphatic heterocycles. The van der Waals surface area contributed by atoms with Crippen molar-refractivity contribution in [2.45, 2.75) is 25.8 Å². The number of carbonyl (C=O) groups is 1. The van der Waals surface area contributed by atoms with Crippen molar-refractivity contribution in [3.63, 3.8) is 0 Å². The molecule has 1 N–H and O–H groups in total. The van der Waals surface area contributed by atoms with Gasteiger partial charge in [0.05, 0.1) is 0 Å². The maximum atomic E-state index is 12.5. The minimum Gasteiger partial charge on any atom is -0.356 e. The van der Waals surface area contributed by atoms with E-state index in [1.807, 2.05) is 12.1 Å². The predicted molar refractivity (Wildman–Crippen MR) is 113 cm³/mol. The summed E-state index contributed by atoms with van der Waals surface area (Å²) in [5, 5.41) is 2.89. The maximum Gasteiger partial charge on any atom is 0.270 e. The molecule has 29 heavy (non-hydrogen) atoms. The van der Waals surface area contributed by atoms with Crippen molar-refractivity contribution in [3.05, 3.63) is 84.1 Å². The molecule has 0 atom stereocenters. The van der Waals surface area contributed by atoms with Crippen molar-refractivity contribution in [3.8, 4) is 0 Å². The van der Waals surface area contributed by atoms with Gasteiger partial charge < -0.3 is 10.2 Å². The quantitative estimate of drug-likeness (QED) is 0.703. The fourth-order valence-electron chi connectivity index (χ4n) is 3.73. The van der Waals surface area contributed by atoms with Crippen LogP contribution in [-0.4, -0.2) is 33.9 Å². The highest BCUT2D eigenvalue weighted by atomic mass is 16.1. The number of nitrogens with zero attached hydrogens (tertiary/aromatic N) is 4. The number of hydrogen-bond donors (Lipinski definition) is 1. The summed E-state index contributed by atoms with van der Waals surface area (Å²) in [4.78, 5) is 27.3. The van der Waals surface area contributed by atoms with E-state index >= 15 is 0 Å². The van der Waals surface area contributed by atoms with Gasteiger partial charge in [0.15, 0.2) is 0 Å². The van der Waals surface area contributed by atoms with E-state index in [9.17, 15) is 4.79 Å². The number of amides is 1. The Bertz CT molecular complexity index is 924. The van der Waals surface area contributed by atoms with E-state index in [2.05, 4.69) is 55.5 Å². The molecule has 1 fully saturated rings. The summed E-state index contributed by atoms with van der Waals surface area (Å²) in [5.41, 5.74) is 2.75. The van der Waals surface area contributed by atoms with Crippen molar-refractivity contribution >= 4 is 11.7 Å². The van der Waals surface area contributed by atoms with Crippen LogP contribution in [0.4, 0.5) is 5.82 Å². The lowest BCUT2D eigenvalue weighted by atomic mass is 9.90. The first-order chi connectivity index (χ1) is 14.3. The maximum absolute atomic E-state index is 12.5. The molecule has 6 nitrogen and oxygen atoms in total. The van der Waals surface area contributed by atoms with E-state index in [1.165, 1.54) is 11.9 Å². The van der Waals surface area contributed by atoms with Crippen molar-refractivity contribution in [2.24, 2.45) is 5.92 Å². The molecular weight excluding hydrogens is 362 g/mol. The fraction of sp³-hybridized carbons (Fsp3) is 0.304. The lowest BCUT2D eigenvalue weighted by molar-refractivity contribution is 0.0945. The van der Waals surface area contributed by atoms with Gasteiger partial charge in [-0.2, -0.15) is 0 Å². The number of carbonyl (C=O) groups excluding carboxylic acids is 1. The first-order valence-electron chi connectivity index (χ1n) is 10.1. The van der Waals surface area contributed by atoms with E-state index in [1.54, 1.807) is 18.5 Å². The summed E-state index contributed by atoms with van der Waals surface area (Å²) >= 11 is 0. The van der Waals surface area contributed by atoms with E-state index < -0.39 is 0 Å². The fourth-order valence-corrected chi connectivity index (χ4v) is 3.73. The minimum atomic E-state index is -0.198. The molecule has 2 aromatic heterocycles. The second-order valence-electron chi connectivity index (χ2n) is 7.43. The number of aromatic nitrogens is 3. The first-order valence-corrected chi connectivity index (χ1v) is 10.1. The van der Waals surface area contributed by atoms with Gasteiger partial charge in [-0.25, -0.2) is 9.97 Å². The van der Waals surface area contributed by atoms with Crippen LogP contribution in [0.1, 0.15) is 34.5 Å². The Hall–Kier alpha value is -3.28. The monoisotopic (exact) mass is 387 g/mol. The van der Waals surface area contributed by atoms with Crippen LogP contribution >= 0.6 is 0 Å². The average Bonchev–Trinajstić information content (AvgIpc) is 2.79. The summed E-state index contributed by atoms with van der Waals surface area (Å²) in [6, 6.07) is 16.2. The Kier molecular flexibility index (Phi) is 6.10. The molecule has 1 aliphatic rings. The normalized spacial score (nSPS) is 14.6. The van der Waals surface area contributed by atoms with Crippen molar-refractivity contribution < 1.29 is 4.79 Å². The molecule has 1 amide bonds. The molecule has 0 bridgehead atoms.